The van der Waals surface area contributed by atoms with E-state index in [1.165, 1.54) is 0 Å². The zero-order valence-electron chi connectivity index (χ0n) is 7.03. The van der Waals surface area contributed by atoms with Crippen LogP contribution in [0.3, 0.4) is 0 Å². The van der Waals surface area contributed by atoms with Crippen molar-refractivity contribution in [3.63, 3.8) is 0 Å². The Bertz CT molecular complexity index is 295. The van der Waals surface area contributed by atoms with Crippen LogP contribution in [0.1, 0.15) is 0 Å². The van der Waals surface area contributed by atoms with Crippen LogP contribution in [0.2, 0.25) is 0 Å². The number of allylic oxidation sites excluding steroid dienone is 4. The van der Waals surface area contributed by atoms with Crippen molar-refractivity contribution in [2.75, 3.05) is 0 Å². The van der Waals surface area contributed by atoms with Gasteiger partial charge in [-0.2, -0.15) is 26.3 Å². The van der Waals surface area contributed by atoms with E-state index in [1.807, 2.05) is 0 Å². The fourth-order valence-electron chi connectivity index (χ4n) is 1.23. The highest BCUT2D eigenvalue weighted by molar-refractivity contribution is 5.25. The van der Waals surface area contributed by atoms with Crippen molar-refractivity contribution in [2.45, 2.75) is 18.0 Å². The van der Waals surface area contributed by atoms with Crippen molar-refractivity contribution in [1.82, 2.24) is 0 Å². The number of rotatable bonds is 0. The first-order chi connectivity index (χ1) is 6.59. The molecule has 0 saturated carbocycles. The molecular weight excluding hydrogens is 229 g/mol. The van der Waals surface area contributed by atoms with Crippen LogP contribution < -0.4 is 0 Å². The highest BCUT2D eigenvalue weighted by atomic mass is 19.4. The van der Waals surface area contributed by atoms with Gasteiger partial charge in [-0.05, 0) is 6.08 Å². The zero-order valence-corrected chi connectivity index (χ0v) is 7.03. The third-order valence-electron chi connectivity index (χ3n) is 1.99. The maximum atomic E-state index is 13.3. The van der Waals surface area contributed by atoms with E-state index in [2.05, 4.69) is 0 Å². The minimum absolute atomic E-state index is 0.120. The zero-order chi connectivity index (χ0) is 11.9. The number of hydrogen-bond acceptors (Lipinski definition) is 0. The average molecular weight is 234 g/mol. The van der Waals surface area contributed by atoms with E-state index < -0.39 is 23.9 Å². The van der Waals surface area contributed by atoms with Crippen LogP contribution in [0.25, 0.3) is 0 Å². The number of hydrogen-bond donors (Lipinski definition) is 0. The molecule has 1 aliphatic carbocycles. The molecule has 0 saturated heterocycles. The molecule has 0 spiro atoms. The molecule has 0 aromatic rings. The van der Waals surface area contributed by atoms with Crippen molar-refractivity contribution in [3.8, 4) is 0 Å². The monoisotopic (exact) mass is 234 g/mol. The van der Waals surface area contributed by atoms with Gasteiger partial charge in [0.1, 0.15) is 5.92 Å². The summed E-state index contributed by atoms with van der Waals surface area (Å²) in [6.07, 6.45) is -9.48. The van der Waals surface area contributed by atoms with Gasteiger partial charge in [0.05, 0.1) is 0 Å². The molecule has 15 heavy (non-hydrogen) atoms. The second-order valence-electron chi connectivity index (χ2n) is 3.03. The van der Waals surface area contributed by atoms with Crippen molar-refractivity contribution in [2.24, 2.45) is 5.92 Å². The molecule has 0 heterocycles. The van der Waals surface area contributed by atoms with Crippen LogP contribution in [0, 0.1) is 5.92 Å². The van der Waals surface area contributed by atoms with Gasteiger partial charge in [0, 0.05) is 0 Å². The van der Waals surface area contributed by atoms with Gasteiger partial charge < -0.3 is 0 Å². The largest absolute Gasteiger partial charge is 0.427 e. The molecule has 1 rings (SSSR count). The fraction of sp³-hybridized carbons (Fsp3) is 0.500. The second-order valence-corrected chi connectivity index (χ2v) is 3.03. The second kappa shape index (κ2) is 3.24. The lowest BCUT2D eigenvalue weighted by molar-refractivity contribution is -0.274. The Morgan fingerprint density at radius 3 is 1.80 bits per heavy atom. The normalized spacial score (nSPS) is 32.1. The Hall–Kier alpha value is -1.01. The van der Waals surface area contributed by atoms with Gasteiger partial charge >= 0.3 is 12.4 Å². The van der Waals surface area contributed by atoms with Crippen LogP contribution in [0.4, 0.5) is 30.7 Å². The molecular formula is C8H5F7. The summed E-state index contributed by atoms with van der Waals surface area (Å²) >= 11 is 0. The van der Waals surface area contributed by atoms with E-state index in [-0.39, 0.29) is 12.2 Å². The van der Waals surface area contributed by atoms with Crippen LogP contribution in [0.5, 0.6) is 0 Å². The predicted molar refractivity (Wildman–Crippen MR) is 37.7 cm³/mol. The van der Waals surface area contributed by atoms with E-state index in [9.17, 15) is 30.7 Å². The van der Waals surface area contributed by atoms with Gasteiger partial charge in [-0.15, -0.1) is 0 Å². The van der Waals surface area contributed by atoms with E-state index in [1.54, 1.807) is 0 Å². The first-order valence-electron chi connectivity index (χ1n) is 3.77. The molecule has 2 unspecified atom stereocenters. The van der Waals surface area contributed by atoms with Crippen LogP contribution in [-0.4, -0.2) is 18.0 Å². The molecule has 0 aliphatic heterocycles. The molecule has 1 aliphatic rings. The minimum atomic E-state index is -5.59. The first-order valence-corrected chi connectivity index (χ1v) is 3.77. The van der Waals surface area contributed by atoms with Crippen LogP contribution in [0.15, 0.2) is 24.3 Å². The van der Waals surface area contributed by atoms with Crippen molar-refractivity contribution >= 4 is 0 Å². The molecule has 0 amide bonds. The molecule has 0 aromatic heterocycles. The minimum Gasteiger partial charge on any atom is -0.228 e. The van der Waals surface area contributed by atoms with Crippen molar-refractivity contribution in [1.29, 1.82) is 0 Å². The lowest BCUT2D eigenvalue weighted by atomic mass is 9.84. The number of halogens is 7. The molecule has 7 heteroatoms. The highest BCUT2D eigenvalue weighted by Crippen LogP contribution is 2.49. The van der Waals surface area contributed by atoms with E-state index in [0.29, 0.717) is 6.08 Å². The van der Waals surface area contributed by atoms with E-state index >= 15 is 0 Å². The molecule has 0 radical (unpaired) electrons. The summed E-state index contributed by atoms with van der Waals surface area (Å²) in [4.78, 5) is 0. The van der Waals surface area contributed by atoms with Gasteiger partial charge in [0.2, 0.25) is 5.67 Å². The summed E-state index contributed by atoms with van der Waals surface area (Å²) in [6, 6.07) is 0. The molecule has 0 bridgehead atoms. The van der Waals surface area contributed by atoms with Crippen LogP contribution >= 0.6 is 0 Å². The Balaban J connectivity index is 3.17. The van der Waals surface area contributed by atoms with Gasteiger partial charge in [-0.25, -0.2) is 4.39 Å². The molecule has 0 nitrogen and oxygen atoms in total. The van der Waals surface area contributed by atoms with Gasteiger partial charge in [-0.3, -0.25) is 0 Å². The lowest BCUT2D eigenvalue weighted by Crippen LogP contribution is -2.51. The van der Waals surface area contributed by atoms with E-state index in [0.717, 1.165) is 6.08 Å². The molecule has 0 aromatic carbocycles. The first kappa shape index (κ1) is 12.1. The Kier molecular flexibility index (Phi) is 2.61. The summed E-state index contributed by atoms with van der Waals surface area (Å²) in [5, 5.41) is 0. The third kappa shape index (κ3) is 2.00. The predicted octanol–water partition coefficient (Wildman–Crippen LogP) is 3.56. The van der Waals surface area contributed by atoms with Crippen molar-refractivity contribution < 1.29 is 30.7 Å². The average Bonchev–Trinajstić information content (AvgIpc) is 2.00. The fourth-order valence-corrected chi connectivity index (χ4v) is 1.23. The van der Waals surface area contributed by atoms with E-state index in [4.69, 9.17) is 0 Å². The lowest BCUT2D eigenvalue weighted by Gasteiger charge is -2.33. The summed E-state index contributed by atoms with van der Waals surface area (Å²) in [7, 11) is 0. The standard InChI is InChI=1S/C8H5F7/c9-6(8(13,14)15)4-2-1-3-5(6)7(10,11)12/h1-5H. The van der Waals surface area contributed by atoms with Gasteiger partial charge in [0.15, 0.2) is 0 Å². The molecule has 2 atom stereocenters. The summed E-state index contributed by atoms with van der Waals surface area (Å²) in [5.74, 6) is -3.19. The third-order valence-corrected chi connectivity index (χ3v) is 1.99. The topological polar surface area (TPSA) is 0 Å². The molecule has 86 valence electrons. The molecule has 0 N–H and O–H groups in total. The SMILES string of the molecule is FC(F)(F)C1C=CC=CC1(F)C(F)(F)F. The number of alkyl halides is 7. The summed E-state index contributed by atoms with van der Waals surface area (Å²) in [6.45, 7) is 0. The quantitative estimate of drug-likeness (QED) is 0.562. The van der Waals surface area contributed by atoms with Gasteiger partial charge in [0.25, 0.3) is 0 Å². The summed E-state index contributed by atoms with van der Waals surface area (Å²) in [5.41, 5.74) is -4.38. The summed E-state index contributed by atoms with van der Waals surface area (Å²) < 4.78 is 86.1. The molecule has 0 fully saturated rings. The smallest absolute Gasteiger partial charge is 0.228 e. The Morgan fingerprint density at radius 1 is 0.933 bits per heavy atom. The maximum absolute atomic E-state index is 13.3. The maximum Gasteiger partial charge on any atom is 0.427 e. The van der Waals surface area contributed by atoms with Gasteiger partial charge in [-0.1, -0.05) is 18.2 Å². The highest BCUT2D eigenvalue weighted by Gasteiger charge is 2.66. The Morgan fingerprint density at radius 2 is 1.47 bits per heavy atom. The Labute approximate surface area is 80.1 Å². The van der Waals surface area contributed by atoms with Crippen molar-refractivity contribution in [3.05, 3.63) is 24.3 Å². The van der Waals surface area contributed by atoms with Crippen LogP contribution in [-0.2, 0) is 0 Å².